The Morgan fingerprint density at radius 1 is 1.39 bits per heavy atom. The summed E-state index contributed by atoms with van der Waals surface area (Å²) in [6.07, 6.45) is 1.92. The summed E-state index contributed by atoms with van der Waals surface area (Å²) in [6, 6.07) is 4.50. The van der Waals surface area contributed by atoms with Gasteiger partial charge in [-0.1, -0.05) is 25.5 Å². The fourth-order valence-corrected chi connectivity index (χ4v) is 2.97. The maximum absolute atomic E-state index is 14.6. The third kappa shape index (κ3) is 5.63. The number of ether oxygens (including phenoxy) is 1. The molecule has 0 amide bonds. The molecule has 0 aliphatic heterocycles. The van der Waals surface area contributed by atoms with Gasteiger partial charge in [0, 0.05) is 17.7 Å². The minimum absolute atomic E-state index is 0.0136. The van der Waals surface area contributed by atoms with Crippen LogP contribution in [-0.2, 0) is 22.4 Å². The van der Waals surface area contributed by atoms with Crippen LogP contribution in [0.2, 0.25) is 0 Å². The number of aliphatic hydroxyl groups is 1. The second kappa shape index (κ2) is 9.98. The highest BCUT2D eigenvalue weighted by atomic mass is 19.1. The normalized spacial score (nSPS) is 11.9. The van der Waals surface area contributed by atoms with E-state index in [0.717, 1.165) is 12.8 Å². The molecule has 4 N–H and O–H groups in total. The largest absolute Gasteiger partial charge is 0.469 e. The number of esters is 1. The van der Waals surface area contributed by atoms with Gasteiger partial charge >= 0.3 is 5.97 Å². The number of anilines is 2. The standard InChI is InChI=1S/C20H27FN4O3/c1-4-5-15(11-26)24-19-16(12(2)23-20(22)25-19)10-14-7-6-13(8-17(14)21)9-18(27)28-3/h6-8,15,26H,4-5,9-11H2,1-3H3,(H3,22,23,24,25)/t15-/m0/s1. The average Bonchev–Trinajstić information content (AvgIpc) is 2.65. The topological polar surface area (TPSA) is 110 Å². The predicted molar refractivity (Wildman–Crippen MR) is 106 cm³/mol. The van der Waals surface area contributed by atoms with Gasteiger partial charge in [0.05, 0.1) is 26.2 Å². The van der Waals surface area contributed by atoms with Crippen molar-refractivity contribution in [3.8, 4) is 0 Å². The van der Waals surface area contributed by atoms with Crippen LogP contribution in [0.1, 0.15) is 42.1 Å². The van der Waals surface area contributed by atoms with Gasteiger partial charge in [0.1, 0.15) is 11.6 Å². The molecule has 1 heterocycles. The molecule has 0 bridgehead atoms. The number of hydrogen-bond acceptors (Lipinski definition) is 7. The van der Waals surface area contributed by atoms with Crippen LogP contribution in [0, 0.1) is 12.7 Å². The zero-order valence-electron chi connectivity index (χ0n) is 16.5. The van der Waals surface area contributed by atoms with Crippen molar-refractivity contribution in [1.29, 1.82) is 0 Å². The van der Waals surface area contributed by atoms with E-state index in [1.54, 1.807) is 19.1 Å². The Bertz CT molecular complexity index is 829. The fraction of sp³-hybridized carbons (Fsp3) is 0.450. The molecule has 0 radical (unpaired) electrons. The van der Waals surface area contributed by atoms with Crippen LogP contribution < -0.4 is 11.1 Å². The Kier molecular flexibility index (Phi) is 7.69. The molecule has 0 saturated heterocycles. The summed E-state index contributed by atoms with van der Waals surface area (Å²) < 4.78 is 19.2. The molecule has 8 heteroatoms. The molecule has 2 aromatic rings. The molecule has 0 aliphatic rings. The maximum Gasteiger partial charge on any atom is 0.309 e. The van der Waals surface area contributed by atoms with Gasteiger partial charge in [-0.15, -0.1) is 0 Å². The fourth-order valence-electron chi connectivity index (χ4n) is 2.97. The lowest BCUT2D eigenvalue weighted by Gasteiger charge is -2.20. The molecule has 0 aliphatic carbocycles. The van der Waals surface area contributed by atoms with E-state index in [2.05, 4.69) is 20.0 Å². The number of aromatic nitrogens is 2. The lowest BCUT2D eigenvalue weighted by molar-refractivity contribution is -0.139. The third-order valence-corrected chi connectivity index (χ3v) is 4.49. The molecule has 1 aromatic carbocycles. The molecule has 0 spiro atoms. The summed E-state index contributed by atoms with van der Waals surface area (Å²) in [5.74, 6) is -0.232. The lowest BCUT2D eigenvalue weighted by atomic mass is 10.0. The molecular formula is C20H27FN4O3. The van der Waals surface area contributed by atoms with Crippen LogP contribution in [0.15, 0.2) is 18.2 Å². The van der Waals surface area contributed by atoms with Gasteiger partial charge in [0.15, 0.2) is 0 Å². The molecule has 28 heavy (non-hydrogen) atoms. The number of benzene rings is 1. The number of carbonyl (C=O) groups excluding carboxylic acids is 1. The van der Waals surface area contributed by atoms with Crippen molar-refractivity contribution in [3.63, 3.8) is 0 Å². The van der Waals surface area contributed by atoms with Crippen molar-refractivity contribution in [3.05, 3.63) is 46.4 Å². The van der Waals surface area contributed by atoms with Crippen LogP contribution in [0.5, 0.6) is 0 Å². The first-order valence-electron chi connectivity index (χ1n) is 9.22. The molecule has 152 valence electrons. The Morgan fingerprint density at radius 3 is 2.75 bits per heavy atom. The summed E-state index contributed by atoms with van der Waals surface area (Å²) in [4.78, 5) is 19.8. The Labute approximate surface area is 164 Å². The summed E-state index contributed by atoms with van der Waals surface area (Å²) in [7, 11) is 1.30. The first kappa shape index (κ1) is 21.6. The van der Waals surface area contributed by atoms with E-state index in [0.29, 0.717) is 28.2 Å². The number of hydrogen-bond donors (Lipinski definition) is 3. The van der Waals surface area contributed by atoms with Crippen LogP contribution in [0.3, 0.4) is 0 Å². The van der Waals surface area contributed by atoms with E-state index in [9.17, 15) is 14.3 Å². The van der Waals surface area contributed by atoms with Crippen molar-refractivity contribution in [2.45, 2.75) is 45.6 Å². The molecule has 0 saturated carbocycles. The van der Waals surface area contributed by atoms with Crippen molar-refractivity contribution in [2.24, 2.45) is 0 Å². The smallest absolute Gasteiger partial charge is 0.309 e. The molecule has 2 rings (SSSR count). The molecule has 1 atom stereocenters. The molecule has 0 fully saturated rings. The van der Waals surface area contributed by atoms with Crippen molar-refractivity contribution in [2.75, 3.05) is 24.8 Å². The van der Waals surface area contributed by atoms with Gasteiger partial charge in [-0.3, -0.25) is 4.79 Å². The lowest BCUT2D eigenvalue weighted by Crippen LogP contribution is -2.25. The number of halogens is 1. The molecular weight excluding hydrogens is 363 g/mol. The average molecular weight is 390 g/mol. The first-order chi connectivity index (χ1) is 13.4. The number of carbonyl (C=O) groups is 1. The van der Waals surface area contributed by atoms with Crippen LogP contribution in [0.4, 0.5) is 16.2 Å². The Hall–Kier alpha value is -2.74. The number of nitrogens with one attached hydrogen (secondary N) is 1. The van der Waals surface area contributed by atoms with Crippen LogP contribution in [-0.4, -0.2) is 40.8 Å². The number of nitrogen functional groups attached to an aromatic ring is 1. The van der Waals surface area contributed by atoms with Crippen LogP contribution >= 0.6 is 0 Å². The number of rotatable bonds is 9. The number of aryl methyl sites for hydroxylation is 1. The van der Waals surface area contributed by atoms with E-state index in [1.165, 1.54) is 13.2 Å². The highest BCUT2D eigenvalue weighted by Crippen LogP contribution is 2.24. The van der Waals surface area contributed by atoms with E-state index >= 15 is 0 Å². The second-order valence-corrected chi connectivity index (χ2v) is 6.66. The summed E-state index contributed by atoms with van der Waals surface area (Å²) in [5.41, 5.74) is 8.12. The van der Waals surface area contributed by atoms with Gasteiger partial charge in [0.25, 0.3) is 0 Å². The number of nitrogens with zero attached hydrogens (tertiary/aromatic N) is 2. The zero-order valence-corrected chi connectivity index (χ0v) is 16.5. The van der Waals surface area contributed by atoms with E-state index in [4.69, 9.17) is 5.73 Å². The van der Waals surface area contributed by atoms with E-state index in [1.807, 2.05) is 6.92 Å². The van der Waals surface area contributed by atoms with Gasteiger partial charge in [-0.05, 0) is 30.5 Å². The molecule has 7 nitrogen and oxygen atoms in total. The summed E-state index contributed by atoms with van der Waals surface area (Å²) >= 11 is 0. The van der Waals surface area contributed by atoms with Crippen molar-refractivity contribution >= 4 is 17.7 Å². The second-order valence-electron chi connectivity index (χ2n) is 6.66. The molecule has 0 unspecified atom stereocenters. The number of aliphatic hydroxyl groups excluding tert-OH is 1. The Balaban J connectivity index is 2.31. The number of methoxy groups -OCH3 is 1. The van der Waals surface area contributed by atoms with Crippen molar-refractivity contribution < 1.29 is 19.0 Å². The maximum atomic E-state index is 14.6. The van der Waals surface area contributed by atoms with Gasteiger partial charge in [0.2, 0.25) is 5.95 Å². The summed E-state index contributed by atoms with van der Waals surface area (Å²) in [5, 5.41) is 12.8. The predicted octanol–water partition coefficient (Wildman–Crippen LogP) is 2.39. The van der Waals surface area contributed by atoms with Crippen molar-refractivity contribution in [1.82, 2.24) is 9.97 Å². The van der Waals surface area contributed by atoms with Gasteiger partial charge < -0.3 is 20.9 Å². The Morgan fingerprint density at radius 2 is 2.14 bits per heavy atom. The highest BCUT2D eigenvalue weighted by Gasteiger charge is 2.17. The van der Waals surface area contributed by atoms with Crippen LogP contribution in [0.25, 0.3) is 0 Å². The highest BCUT2D eigenvalue weighted by molar-refractivity contribution is 5.72. The van der Waals surface area contributed by atoms with E-state index < -0.39 is 11.8 Å². The summed E-state index contributed by atoms with van der Waals surface area (Å²) in [6.45, 7) is 3.76. The molecule has 1 aromatic heterocycles. The zero-order chi connectivity index (χ0) is 20.7. The minimum Gasteiger partial charge on any atom is -0.469 e. The third-order valence-electron chi connectivity index (χ3n) is 4.49. The van der Waals surface area contributed by atoms with Gasteiger partial charge in [-0.2, -0.15) is 4.98 Å². The SMILES string of the molecule is CCC[C@@H](CO)Nc1nc(N)nc(C)c1Cc1ccc(CC(=O)OC)cc1F. The quantitative estimate of drug-likeness (QED) is 0.564. The van der Waals surface area contributed by atoms with Gasteiger partial charge in [-0.25, -0.2) is 9.37 Å². The number of nitrogens with two attached hydrogens (primary N) is 1. The first-order valence-corrected chi connectivity index (χ1v) is 9.22. The monoisotopic (exact) mass is 390 g/mol. The van der Waals surface area contributed by atoms with E-state index in [-0.39, 0.29) is 31.4 Å². The minimum atomic E-state index is -0.424.